The number of aromatic nitrogens is 1. The summed E-state index contributed by atoms with van der Waals surface area (Å²) >= 11 is 0. The Hall–Kier alpha value is -2.15. The molecule has 8 heteroatoms. The highest BCUT2D eigenvalue weighted by atomic mass is 127. The van der Waals surface area contributed by atoms with E-state index in [0.29, 0.717) is 41.9 Å². The van der Waals surface area contributed by atoms with E-state index in [0.717, 1.165) is 5.69 Å². The van der Waals surface area contributed by atoms with Crippen molar-refractivity contribution in [1.29, 1.82) is 5.26 Å². The van der Waals surface area contributed by atoms with Crippen molar-refractivity contribution < 1.29 is 8.91 Å². The number of rotatable bonds is 6. The van der Waals surface area contributed by atoms with Gasteiger partial charge in [-0.25, -0.2) is 9.38 Å². The predicted molar refractivity (Wildman–Crippen MR) is 109 cm³/mol. The minimum atomic E-state index is -0.435. The van der Waals surface area contributed by atoms with E-state index in [1.807, 2.05) is 32.9 Å². The minimum absolute atomic E-state index is 0. The predicted octanol–water partition coefficient (Wildman–Crippen LogP) is 3.68. The van der Waals surface area contributed by atoms with Crippen LogP contribution < -0.4 is 10.6 Å². The van der Waals surface area contributed by atoms with Crippen molar-refractivity contribution in [3.63, 3.8) is 0 Å². The molecular weight excluding hydrogens is 448 g/mol. The Kier molecular flexibility index (Phi) is 9.05. The summed E-state index contributed by atoms with van der Waals surface area (Å²) in [5.74, 6) is 1.13. The van der Waals surface area contributed by atoms with Gasteiger partial charge in [0, 0.05) is 18.2 Å². The molecule has 0 spiro atoms. The number of nitriles is 1. The number of aliphatic imine (C=N–C) groups is 1. The first-order valence-corrected chi connectivity index (χ1v) is 8.19. The lowest BCUT2D eigenvalue weighted by Gasteiger charge is -2.10. The molecule has 6 nitrogen and oxygen atoms in total. The minimum Gasteiger partial charge on any atom is -0.359 e. The number of nitrogens with one attached hydrogen (secondary N) is 2. The van der Waals surface area contributed by atoms with Crippen LogP contribution in [0.1, 0.15) is 49.3 Å². The lowest BCUT2D eigenvalue weighted by Crippen LogP contribution is -2.36. The van der Waals surface area contributed by atoms with Crippen molar-refractivity contribution >= 4 is 29.9 Å². The normalized spacial score (nSPS) is 11.0. The molecule has 140 valence electrons. The zero-order chi connectivity index (χ0) is 18.2. The Morgan fingerprint density at radius 3 is 2.69 bits per heavy atom. The molecule has 2 N–H and O–H groups in total. The van der Waals surface area contributed by atoms with Gasteiger partial charge in [-0.1, -0.05) is 25.1 Å². The largest absolute Gasteiger partial charge is 0.359 e. The van der Waals surface area contributed by atoms with E-state index in [1.54, 1.807) is 12.1 Å². The molecule has 2 rings (SSSR count). The smallest absolute Gasteiger partial charge is 0.191 e. The average molecular weight is 471 g/mol. The summed E-state index contributed by atoms with van der Waals surface area (Å²) in [5.41, 5.74) is 1.62. The molecular formula is C18H23FIN5O. The maximum absolute atomic E-state index is 13.9. The van der Waals surface area contributed by atoms with Crippen LogP contribution >= 0.6 is 24.0 Å². The monoisotopic (exact) mass is 471 g/mol. The van der Waals surface area contributed by atoms with Crippen molar-refractivity contribution in [2.24, 2.45) is 4.99 Å². The third-order valence-corrected chi connectivity index (χ3v) is 3.53. The molecule has 0 saturated heterocycles. The van der Waals surface area contributed by atoms with E-state index >= 15 is 0 Å². The first-order valence-electron chi connectivity index (χ1n) is 8.19. The Balaban J connectivity index is 0.00000338. The number of guanidine groups is 1. The molecule has 0 aliphatic carbocycles. The molecule has 2 aromatic rings. The summed E-state index contributed by atoms with van der Waals surface area (Å²) in [4.78, 5) is 4.37. The first kappa shape index (κ1) is 21.9. The Labute approximate surface area is 169 Å². The summed E-state index contributed by atoms with van der Waals surface area (Å²) in [6.07, 6.45) is 0. The van der Waals surface area contributed by atoms with Gasteiger partial charge in [0.15, 0.2) is 11.7 Å². The second-order valence-corrected chi connectivity index (χ2v) is 5.84. The van der Waals surface area contributed by atoms with E-state index in [2.05, 4.69) is 20.8 Å². The summed E-state index contributed by atoms with van der Waals surface area (Å²) in [6, 6.07) is 8.19. The lowest BCUT2D eigenvalue weighted by atomic mass is 10.1. The van der Waals surface area contributed by atoms with Gasteiger partial charge < -0.3 is 15.2 Å². The molecule has 0 atom stereocenters. The summed E-state index contributed by atoms with van der Waals surface area (Å²) in [7, 11) is 0. The highest BCUT2D eigenvalue weighted by Crippen LogP contribution is 2.14. The van der Waals surface area contributed by atoms with Crippen molar-refractivity contribution in [1.82, 2.24) is 15.8 Å². The molecule has 1 heterocycles. The van der Waals surface area contributed by atoms with Crippen LogP contribution in [0.3, 0.4) is 0 Å². The van der Waals surface area contributed by atoms with Crippen LogP contribution in [0, 0.1) is 17.1 Å². The second-order valence-electron chi connectivity index (χ2n) is 5.84. The molecule has 0 fully saturated rings. The van der Waals surface area contributed by atoms with Gasteiger partial charge in [0.05, 0.1) is 30.4 Å². The van der Waals surface area contributed by atoms with Crippen LogP contribution in [0.4, 0.5) is 4.39 Å². The van der Waals surface area contributed by atoms with E-state index in [1.165, 1.54) is 6.07 Å². The van der Waals surface area contributed by atoms with Gasteiger partial charge in [-0.3, -0.25) is 0 Å². The molecule has 0 radical (unpaired) electrons. The van der Waals surface area contributed by atoms with E-state index < -0.39 is 5.82 Å². The fourth-order valence-corrected chi connectivity index (χ4v) is 2.11. The molecule has 0 aliphatic rings. The molecule has 0 amide bonds. The van der Waals surface area contributed by atoms with Crippen LogP contribution in [-0.2, 0) is 13.1 Å². The first-order chi connectivity index (χ1) is 12.0. The van der Waals surface area contributed by atoms with Crippen LogP contribution in [0.2, 0.25) is 0 Å². The molecule has 0 aliphatic heterocycles. The fourth-order valence-electron chi connectivity index (χ4n) is 2.11. The van der Waals surface area contributed by atoms with Crippen molar-refractivity contribution in [3.8, 4) is 6.07 Å². The molecule has 1 aromatic heterocycles. The molecule has 1 aromatic carbocycles. The van der Waals surface area contributed by atoms with E-state index in [9.17, 15) is 4.39 Å². The zero-order valence-electron chi connectivity index (χ0n) is 15.0. The molecule has 0 bridgehead atoms. The summed E-state index contributed by atoms with van der Waals surface area (Å²) < 4.78 is 19.2. The topological polar surface area (TPSA) is 86.2 Å². The van der Waals surface area contributed by atoms with Crippen LogP contribution in [-0.4, -0.2) is 17.7 Å². The quantitative estimate of drug-likeness (QED) is 0.382. The zero-order valence-corrected chi connectivity index (χ0v) is 17.4. The Bertz CT molecular complexity index is 782. The summed E-state index contributed by atoms with van der Waals surface area (Å²) in [6.45, 7) is 7.32. The van der Waals surface area contributed by atoms with Crippen LogP contribution in [0.5, 0.6) is 0 Å². The van der Waals surface area contributed by atoms with Gasteiger partial charge in [0.1, 0.15) is 5.82 Å². The van der Waals surface area contributed by atoms with Gasteiger partial charge in [-0.15, -0.1) is 24.0 Å². The third-order valence-electron chi connectivity index (χ3n) is 3.53. The standard InChI is InChI=1S/C18H22FN5O.HI/c1-4-21-18(23-11-15-8-17(12(2)3)24-25-15)22-10-14-6-5-13(9-20)7-16(14)19;/h5-8,12H,4,10-11H2,1-3H3,(H2,21,22,23);1H. The van der Waals surface area contributed by atoms with Gasteiger partial charge in [-0.05, 0) is 25.0 Å². The number of halogens is 2. The second kappa shape index (κ2) is 10.8. The van der Waals surface area contributed by atoms with E-state index in [-0.39, 0.29) is 30.5 Å². The Morgan fingerprint density at radius 1 is 1.35 bits per heavy atom. The SMILES string of the molecule is CCNC(=NCc1ccc(C#N)cc1F)NCc1cc(C(C)C)no1.I. The van der Waals surface area contributed by atoms with E-state index in [4.69, 9.17) is 9.78 Å². The number of hydrogen-bond donors (Lipinski definition) is 2. The average Bonchev–Trinajstić information content (AvgIpc) is 3.07. The summed E-state index contributed by atoms with van der Waals surface area (Å²) in [5, 5.41) is 19.0. The maximum atomic E-state index is 13.9. The van der Waals surface area contributed by atoms with Crippen molar-refractivity contribution in [3.05, 3.63) is 52.7 Å². The lowest BCUT2D eigenvalue weighted by molar-refractivity contribution is 0.372. The van der Waals surface area contributed by atoms with Gasteiger partial charge >= 0.3 is 0 Å². The number of hydrogen-bond acceptors (Lipinski definition) is 4. The van der Waals surface area contributed by atoms with Gasteiger partial charge in [0.2, 0.25) is 0 Å². The number of nitrogens with zero attached hydrogens (tertiary/aromatic N) is 3. The van der Waals surface area contributed by atoms with Crippen LogP contribution in [0.25, 0.3) is 0 Å². The molecule has 0 saturated carbocycles. The maximum Gasteiger partial charge on any atom is 0.191 e. The highest BCUT2D eigenvalue weighted by molar-refractivity contribution is 14.0. The van der Waals surface area contributed by atoms with Gasteiger partial charge in [0.25, 0.3) is 0 Å². The molecule has 0 unspecified atom stereocenters. The third kappa shape index (κ3) is 6.29. The highest BCUT2D eigenvalue weighted by Gasteiger charge is 2.08. The van der Waals surface area contributed by atoms with Crippen molar-refractivity contribution in [2.45, 2.75) is 39.8 Å². The van der Waals surface area contributed by atoms with Crippen LogP contribution in [0.15, 0.2) is 33.8 Å². The Morgan fingerprint density at radius 2 is 2.12 bits per heavy atom. The van der Waals surface area contributed by atoms with Crippen molar-refractivity contribution in [2.75, 3.05) is 6.54 Å². The van der Waals surface area contributed by atoms with Gasteiger partial charge in [-0.2, -0.15) is 5.26 Å². The number of benzene rings is 1. The fraction of sp³-hybridized carbons (Fsp3) is 0.389. The molecule has 26 heavy (non-hydrogen) atoms.